The van der Waals surface area contributed by atoms with E-state index < -0.39 is 0 Å². The molecule has 1 saturated carbocycles. The Labute approximate surface area is 118 Å². The maximum Gasteiger partial charge on any atom is 0.0589 e. The third kappa shape index (κ3) is 6.70. The van der Waals surface area contributed by atoms with E-state index in [0.29, 0.717) is 6.04 Å². The molecule has 0 heterocycles. The largest absolute Gasteiger partial charge is 0.383 e. The summed E-state index contributed by atoms with van der Waals surface area (Å²) in [5, 5.41) is 3.65. The summed E-state index contributed by atoms with van der Waals surface area (Å²) in [5.41, 5.74) is 0. The molecule has 19 heavy (non-hydrogen) atoms. The summed E-state index contributed by atoms with van der Waals surface area (Å²) < 4.78 is 10.4. The average Bonchev–Trinajstić information content (AvgIpc) is 2.46. The number of hydrogen-bond acceptors (Lipinski definition) is 4. The van der Waals surface area contributed by atoms with Crippen molar-refractivity contribution >= 4 is 0 Å². The molecule has 0 amide bonds. The third-order valence-corrected chi connectivity index (χ3v) is 4.06. The summed E-state index contributed by atoms with van der Waals surface area (Å²) in [4.78, 5) is 2.54. The molecule has 0 aromatic rings. The fourth-order valence-corrected chi connectivity index (χ4v) is 2.89. The van der Waals surface area contributed by atoms with Gasteiger partial charge in [-0.3, -0.25) is 4.90 Å². The van der Waals surface area contributed by atoms with Gasteiger partial charge in [-0.15, -0.1) is 0 Å². The van der Waals surface area contributed by atoms with E-state index in [1.165, 1.54) is 32.1 Å². The smallest absolute Gasteiger partial charge is 0.0589 e. The maximum atomic E-state index is 5.22. The number of nitrogens with one attached hydrogen (secondary N) is 1. The molecule has 0 saturated heterocycles. The van der Waals surface area contributed by atoms with E-state index in [2.05, 4.69) is 17.1 Å². The molecule has 1 fully saturated rings. The number of methoxy groups -OCH3 is 2. The van der Waals surface area contributed by atoms with Crippen molar-refractivity contribution in [3.05, 3.63) is 0 Å². The van der Waals surface area contributed by atoms with Crippen LogP contribution in [0.15, 0.2) is 0 Å². The van der Waals surface area contributed by atoms with Crippen LogP contribution in [0.2, 0.25) is 0 Å². The normalized spacial score (nSPS) is 24.0. The van der Waals surface area contributed by atoms with Crippen molar-refractivity contribution in [3.63, 3.8) is 0 Å². The van der Waals surface area contributed by atoms with E-state index in [4.69, 9.17) is 9.47 Å². The Morgan fingerprint density at radius 2 is 1.58 bits per heavy atom. The van der Waals surface area contributed by atoms with Crippen LogP contribution in [0.3, 0.4) is 0 Å². The van der Waals surface area contributed by atoms with Gasteiger partial charge in [-0.05, 0) is 38.6 Å². The van der Waals surface area contributed by atoms with Crippen molar-refractivity contribution in [1.29, 1.82) is 0 Å². The van der Waals surface area contributed by atoms with E-state index in [0.717, 1.165) is 38.9 Å². The summed E-state index contributed by atoms with van der Waals surface area (Å²) in [6, 6.07) is 1.45. The molecule has 114 valence electrons. The van der Waals surface area contributed by atoms with Crippen LogP contribution in [0.4, 0.5) is 0 Å². The fourth-order valence-electron chi connectivity index (χ4n) is 2.89. The fraction of sp³-hybridized carbons (Fsp3) is 1.00. The molecule has 4 heteroatoms. The minimum Gasteiger partial charge on any atom is -0.383 e. The zero-order chi connectivity index (χ0) is 13.9. The standard InChI is InChI=1S/C15H32N2O2/c1-4-9-16-14-5-7-15(8-6-14)17(10-12-18-2)11-13-19-3/h14-16H,4-13H2,1-3H3. The van der Waals surface area contributed by atoms with Gasteiger partial charge in [0.05, 0.1) is 13.2 Å². The zero-order valence-electron chi connectivity index (χ0n) is 13.0. The van der Waals surface area contributed by atoms with Crippen molar-refractivity contribution in [3.8, 4) is 0 Å². The molecule has 0 aromatic carbocycles. The lowest BCUT2D eigenvalue weighted by Gasteiger charge is -2.37. The second kappa shape index (κ2) is 10.6. The minimum atomic E-state index is 0.713. The van der Waals surface area contributed by atoms with Crippen molar-refractivity contribution in [2.45, 2.75) is 51.1 Å². The molecule has 0 atom stereocenters. The van der Waals surface area contributed by atoms with E-state index in [-0.39, 0.29) is 0 Å². The molecule has 1 rings (SSSR count). The summed E-state index contributed by atoms with van der Waals surface area (Å²) >= 11 is 0. The van der Waals surface area contributed by atoms with Gasteiger partial charge in [0.15, 0.2) is 0 Å². The van der Waals surface area contributed by atoms with Crippen LogP contribution in [0, 0.1) is 0 Å². The van der Waals surface area contributed by atoms with E-state index >= 15 is 0 Å². The highest BCUT2D eigenvalue weighted by Gasteiger charge is 2.25. The lowest BCUT2D eigenvalue weighted by Crippen LogP contribution is -2.45. The van der Waals surface area contributed by atoms with Gasteiger partial charge in [0.25, 0.3) is 0 Å². The van der Waals surface area contributed by atoms with Crippen LogP contribution >= 0.6 is 0 Å². The molecule has 4 nitrogen and oxygen atoms in total. The molecule has 1 N–H and O–H groups in total. The van der Waals surface area contributed by atoms with Crippen LogP contribution in [0.1, 0.15) is 39.0 Å². The lowest BCUT2D eigenvalue weighted by atomic mass is 9.90. The van der Waals surface area contributed by atoms with Gasteiger partial charge in [0.1, 0.15) is 0 Å². The molecule has 0 aromatic heterocycles. The molecule has 1 aliphatic rings. The molecular weight excluding hydrogens is 240 g/mol. The summed E-state index contributed by atoms with van der Waals surface area (Å²) in [5.74, 6) is 0. The minimum absolute atomic E-state index is 0.713. The number of nitrogens with zero attached hydrogens (tertiary/aromatic N) is 1. The first kappa shape index (κ1) is 16.9. The Hall–Kier alpha value is -0.160. The second-order valence-electron chi connectivity index (χ2n) is 5.48. The highest BCUT2D eigenvalue weighted by molar-refractivity contribution is 4.82. The highest BCUT2D eigenvalue weighted by atomic mass is 16.5. The predicted molar refractivity (Wildman–Crippen MR) is 79.7 cm³/mol. The molecule has 0 bridgehead atoms. The number of hydrogen-bond donors (Lipinski definition) is 1. The molecule has 0 aliphatic heterocycles. The first-order chi connectivity index (χ1) is 9.31. The second-order valence-corrected chi connectivity index (χ2v) is 5.48. The summed E-state index contributed by atoms with van der Waals surface area (Å²) in [7, 11) is 3.56. The predicted octanol–water partition coefficient (Wildman–Crippen LogP) is 1.89. The van der Waals surface area contributed by atoms with Crippen LogP contribution < -0.4 is 5.32 Å². The van der Waals surface area contributed by atoms with Crippen molar-refractivity contribution in [2.75, 3.05) is 47.1 Å². The maximum absolute atomic E-state index is 5.22. The quantitative estimate of drug-likeness (QED) is 0.658. The monoisotopic (exact) mass is 272 g/mol. The van der Waals surface area contributed by atoms with Crippen LogP contribution in [-0.4, -0.2) is 64.1 Å². The molecule has 1 aliphatic carbocycles. The molecular formula is C15H32N2O2. The molecule has 0 spiro atoms. The van der Waals surface area contributed by atoms with E-state index in [1.54, 1.807) is 14.2 Å². The Morgan fingerprint density at radius 3 is 2.05 bits per heavy atom. The van der Waals surface area contributed by atoms with Crippen LogP contribution in [0.25, 0.3) is 0 Å². The molecule has 0 unspecified atom stereocenters. The van der Waals surface area contributed by atoms with Crippen molar-refractivity contribution in [1.82, 2.24) is 10.2 Å². The van der Waals surface area contributed by atoms with Crippen molar-refractivity contribution in [2.24, 2.45) is 0 Å². The summed E-state index contributed by atoms with van der Waals surface area (Å²) in [6.07, 6.45) is 6.44. The first-order valence-electron chi connectivity index (χ1n) is 7.77. The Bertz CT molecular complexity index is 198. The van der Waals surface area contributed by atoms with Gasteiger partial charge in [-0.25, -0.2) is 0 Å². The first-order valence-corrected chi connectivity index (χ1v) is 7.77. The number of ether oxygens (including phenoxy) is 2. The average molecular weight is 272 g/mol. The van der Waals surface area contributed by atoms with Crippen LogP contribution in [-0.2, 0) is 9.47 Å². The third-order valence-electron chi connectivity index (χ3n) is 4.06. The van der Waals surface area contributed by atoms with Gasteiger partial charge in [0.2, 0.25) is 0 Å². The van der Waals surface area contributed by atoms with Gasteiger partial charge in [-0.2, -0.15) is 0 Å². The van der Waals surface area contributed by atoms with Gasteiger partial charge in [0, 0.05) is 39.4 Å². The number of rotatable bonds is 10. The van der Waals surface area contributed by atoms with Crippen LogP contribution in [0.5, 0.6) is 0 Å². The SMILES string of the molecule is CCCNC1CCC(N(CCOC)CCOC)CC1. The Morgan fingerprint density at radius 1 is 1.00 bits per heavy atom. The Kier molecular flexibility index (Phi) is 9.43. The van der Waals surface area contributed by atoms with Gasteiger partial charge < -0.3 is 14.8 Å². The molecule has 0 radical (unpaired) electrons. The highest BCUT2D eigenvalue weighted by Crippen LogP contribution is 2.23. The van der Waals surface area contributed by atoms with Crippen molar-refractivity contribution < 1.29 is 9.47 Å². The van der Waals surface area contributed by atoms with E-state index in [1.807, 2.05) is 0 Å². The van der Waals surface area contributed by atoms with Gasteiger partial charge in [-0.1, -0.05) is 6.92 Å². The zero-order valence-corrected chi connectivity index (χ0v) is 13.0. The topological polar surface area (TPSA) is 33.7 Å². The summed E-state index contributed by atoms with van der Waals surface area (Å²) in [6.45, 7) is 7.08. The van der Waals surface area contributed by atoms with Gasteiger partial charge >= 0.3 is 0 Å². The Balaban J connectivity index is 2.30. The van der Waals surface area contributed by atoms with E-state index in [9.17, 15) is 0 Å². The lowest BCUT2D eigenvalue weighted by molar-refractivity contribution is 0.0700.